The van der Waals surface area contributed by atoms with Crippen LogP contribution in [0.2, 0.25) is 0 Å². The SMILES string of the molecule is Cc1cccc(CCC(=O)NC(C)(CN)CC(C)C)c1. The Hall–Kier alpha value is -1.35. The summed E-state index contributed by atoms with van der Waals surface area (Å²) < 4.78 is 0. The van der Waals surface area contributed by atoms with Crippen LogP contribution in [-0.4, -0.2) is 18.0 Å². The first-order valence-corrected chi connectivity index (χ1v) is 7.41. The fraction of sp³-hybridized carbons (Fsp3) is 0.588. The molecule has 1 rings (SSSR count). The van der Waals surface area contributed by atoms with Crippen molar-refractivity contribution in [3.8, 4) is 0 Å². The molecule has 1 unspecified atom stereocenters. The zero-order valence-electron chi connectivity index (χ0n) is 13.2. The fourth-order valence-electron chi connectivity index (χ4n) is 2.61. The van der Waals surface area contributed by atoms with E-state index in [1.165, 1.54) is 11.1 Å². The molecule has 3 nitrogen and oxygen atoms in total. The molecule has 0 aliphatic heterocycles. The van der Waals surface area contributed by atoms with Gasteiger partial charge in [-0.3, -0.25) is 4.79 Å². The van der Waals surface area contributed by atoms with Crippen LogP contribution < -0.4 is 11.1 Å². The molecule has 0 aliphatic rings. The van der Waals surface area contributed by atoms with Crippen LogP contribution in [0.5, 0.6) is 0 Å². The van der Waals surface area contributed by atoms with Gasteiger partial charge in [-0.05, 0) is 38.2 Å². The highest BCUT2D eigenvalue weighted by Gasteiger charge is 2.25. The molecule has 0 saturated heterocycles. The van der Waals surface area contributed by atoms with E-state index < -0.39 is 0 Å². The Labute approximate surface area is 122 Å². The molecule has 1 aromatic carbocycles. The maximum atomic E-state index is 12.1. The van der Waals surface area contributed by atoms with Crippen molar-refractivity contribution in [2.24, 2.45) is 11.7 Å². The Morgan fingerprint density at radius 3 is 2.65 bits per heavy atom. The average molecular weight is 276 g/mol. The number of hydrogen-bond donors (Lipinski definition) is 2. The van der Waals surface area contributed by atoms with E-state index in [2.05, 4.69) is 44.3 Å². The topological polar surface area (TPSA) is 55.1 Å². The van der Waals surface area contributed by atoms with Gasteiger partial charge in [0.05, 0.1) is 0 Å². The van der Waals surface area contributed by atoms with Gasteiger partial charge in [-0.15, -0.1) is 0 Å². The van der Waals surface area contributed by atoms with Crippen molar-refractivity contribution in [3.63, 3.8) is 0 Å². The predicted molar refractivity (Wildman–Crippen MR) is 84.6 cm³/mol. The van der Waals surface area contributed by atoms with Gasteiger partial charge in [-0.25, -0.2) is 0 Å². The molecular weight excluding hydrogens is 248 g/mol. The lowest BCUT2D eigenvalue weighted by molar-refractivity contribution is -0.122. The molecule has 0 saturated carbocycles. The lowest BCUT2D eigenvalue weighted by atomic mass is 9.90. The summed E-state index contributed by atoms with van der Waals surface area (Å²) in [7, 11) is 0. The summed E-state index contributed by atoms with van der Waals surface area (Å²) in [4.78, 5) is 12.1. The maximum absolute atomic E-state index is 12.1. The highest BCUT2D eigenvalue weighted by Crippen LogP contribution is 2.15. The number of rotatable bonds is 7. The third-order valence-electron chi connectivity index (χ3n) is 3.47. The maximum Gasteiger partial charge on any atom is 0.220 e. The predicted octanol–water partition coefficient (Wildman–Crippen LogP) is 2.81. The number of nitrogens with two attached hydrogens (primary N) is 1. The Morgan fingerprint density at radius 2 is 2.10 bits per heavy atom. The van der Waals surface area contributed by atoms with E-state index in [9.17, 15) is 4.79 Å². The van der Waals surface area contributed by atoms with Crippen molar-refractivity contribution >= 4 is 5.91 Å². The molecule has 3 N–H and O–H groups in total. The zero-order valence-corrected chi connectivity index (χ0v) is 13.2. The summed E-state index contributed by atoms with van der Waals surface area (Å²) in [5.74, 6) is 0.598. The van der Waals surface area contributed by atoms with E-state index in [-0.39, 0.29) is 11.4 Å². The van der Waals surface area contributed by atoms with Crippen LogP contribution in [0.1, 0.15) is 44.7 Å². The van der Waals surface area contributed by atoms with Gasteiger partial charge < -0.3 is 11.1 Å². The fourth-order valence-corrected chi connectivity index (χ4v) is 2.61. The van der Waals surface area contributed by atoms with E-state index >= 15 is 0 Å². The van der Waals surface area contributed by atoms with E-state index in [0.717, 1.165) is 12.8 Å². The van der Waals surface area contributed by atoms with Crippen molar-refractivity contribution in [2.45, 2.75) is 52.5 Å². The van der Waals surface area contributed by atoms with Crippen LogP contribution in [0.3, 0.4) is 0 Å². The third-order valence-corrected chi connectivity index (χ3v) is 3.47. The number of hydrogen-bond acceptors (Lipinski definition) is 2. The number of carbonyl (C=O) groups is 1. The Morgan fingerprint density at radius 1 is 1.40 bits per heavy atom. The normalized spacial score (nSPS) is 14.1. The molecule has 0 spiro atoms. The molecular formula is C17H28N2O. The summed E-state index contributed by atoms with van der Waals surface area (Å²) in [6.45, 7) is 8.86. The van der Waals surface area contributed by atoms with Crippen molar-refractivity contribution in [2.75, 3.05) is 6.54 Å². The molecule has 1 aromatic rings. The summed E-state index contributed by atoms with van der Waals surface area (Å²) in [6.07, 6.45) is 2.19. The van der Waals surface area contributed by atoms with Crippen molar-refractivity contribution in [3.05, 3.63) is 35.4 Å². The van der Waals surface area contributed by atoms with Crippen LogP contribution in [-0.2, 0) is 11.2 Å². The first-order valence-electron chi connectivity index (χ1n) is 7.41. The molecule has 0 aliphatic carbocycles. The van der Waals surface area contributed by atoms with Crippen LogP contribution in [0.15, 0.2) is 24.3 Å². The minimum atomic E-state index is -0.294. The highest BCUT2D eigenvalue weighted by molar-refractivity contribution is 5.77. The van der Waals surface area contributed by atoms with Gasteiger partial charge in [0.25, 0.3) is 0 Å². The van der Waals surface area contributed by atoms with E-state index in [1.807, 2.05) is 13.0 Å². The van der Waals surface area contributed by atoms with Gasteiger partial charge in [0.2, 0.25) is 5.91 Å². The van der Waals surface area contributed by atoms with Gasteiger partial charge >= 0.3 is 0 Å². The molecule has 0 bridgehead atoms. The van der Waals surface area contributed by atoms with Crippen molar-refractivity contribution < 1.29 is 4.79 Å². The van der Waals surface area contributed by atoms with Crippen LogP contribution in [0.4, 0.5) is 0 Å². The standard InChI is InChI=1S/C17H28N2O/c1-13(2)11-17(4,12-18)19-16(20)9-8-15-7-5-6-14(3)10-15/h5-7,10,13H,8-9,11-12,18H2,1-4H3,(H,19,20). The van der Waals surface area contributed by atoms with Gasteiger partial charge in [0.1, 0.15) is 0 Å². The second kappa shape index (κ2) is 7.44. The van der Waals surface area contributed by atoms with E-state index in [1.54, 1.807) is 0 Å². The minimum absolute atomic E-state index is 0.0834. The lowest BCUT2D eigenvalue weighted by Gasteiger charge is -2.31. The van der Waals surface area contributed by atoms with Crippen LogP contribution in [0, 0.1) is 12.8 Å². The number of nitrogens with one attached hydrogen (secondary N) is 1. The second-order valence-electron chi connectivity index (χ2n) is 6.40. The molecule has 0 fully saturated rings. The number of amides is 1. The summed E-state index contributed by atoms with van der Waals surface area (Å²) in [5, 5.41) is 3.10. The molecule has 0 heterocycles. The number of aryl methyl sites for hydroxylation is 2. The average Bonchev–Trinajstić information content (AvgIpc) is 2.35. The Kier molecular flexibility index (Phi) is 6.21. The lowest BCUT2D eigenvalue weighted by Crippen LogP contribution is -2.52. The molecule has 112 valence electrons. The Balaban J connectivity index is 2.50. The van der Waals surface area contributed by atoms with E-state index in [0.29, 0.717) is 18.9 Å². The number of benzene rings is 1. The van der Waals surface area contributed by atoms with E-state index in [4.69, 9.17) is 5.73 Å². The molecule has 3 heteroatoms. The van der Waals surface area contributed by atoms with Gasteiger partial charge in [-0.1, -0.05) is 43.7 Å². The second-order valence-corrected chi connectivity index (χ2v) is 6.40. The van der Waals surface area contributed by atoms with Crippen molar-refractivity contribution in [1.82, 2.24) is 5.32 Å². The van der Waals surface area contributed by atoms with Gasteiger partial charge in [-0.2, -0.15) is 0 Å². The molecule has 0 aromatic heterocycles. The summed E-state index contributed by atoms with van der Waals surface area (Å²) >= 11 is 0. The molecule has 0 radical (unpaired) electrons. The molecule has 1 atom stereocenters. The van der Waals surface area contributed by atoms with Gasteiger partial charge in [0, 0.05) is 18.5 Å². The highest BCUT2D eigenvalue weighted by atomic mass is 16.1. The summed E-state index contributed by atoms with van der Waals surface area (Å²) in [5.41, 5.74) is 7.96. The minimum Gasteiger partial charge on any atom is -0.350 e. The van der Waals surface area contributed by atoms with Crippen molar-refractivity contribution in [1.29, 1.82) is 0 Å². The van der Waals surface area contributed by atoms with Crippen LogP contribution in [0.25, 0.3) is 0 Å². The largest absolute Gasteiger partial charge is 0.350 e. The van der Waals surface area contributed by atoms with Crippen LogP contribution >= 0.6 is 0 Å². The first kappa shape index (κ1) is 16.7. The number of carbonyl (C=O) groups excluding carboxylic acids is 1. The zero-order chi connectivity index (χ0) is 15.2. The quantitative estimate of drug-likeness (QED) is 0.804. The Bertz CT molecular complexity index is 442. The smallest absolute Gasteiger partial charge is 0.220 e. The molecule has 20 heavy (non-hydrogen) atoms. The summed E-state index contributed by atoms with van der Waals surface area (Å²) in [6, 6.07) is 8.29. The van der Waals surface area contributed by atoms with Gasteiger partial charge in [0.15, 0.2) is 0 Å². The monoisotopic (exact) mass is 276 g/mol. The first-order chi connectivity index (χ1) is 9.34. The molecule has 1 amide bonds. The third kappa shape index (κ3) is 5.74.